The summed E-state index contributed by atoms with van der Waals surface area (Å²) in [5.41, 5.74) is 5.34. The fourth-order valence-corrected chi connectivity index (χ4v) is 3.73. The summed E-state index contributed by atoms with van der Waals surface area (Å²) in [6, 6.07) is 15.3. The van der Waals surface area contributed by atoms with Crippen LogP contribution < -0.4 is 5.32 Å². The molecule has 1 amide bonds. The van der Waals surface area contributed by atoms with Gasteiger partial charge >= 0.3 is 0 Å². The van der Waals surface area contributed by atoms with Gasteiger partial charge in [-0.1, -0.05) is 6.07 Å². The maximum Gasteiger partial charge on any atom is 0.265 e. The van der Waals surface area contributed by atoms with Crippen molar-refractivity contribution in [2.24, 2.45) is 0 Å². The van der Waals surface area contributed by atoms with Crippen molar-refractivity contribution in [1.82, 2.24) is 19.9 Å². The molecule has 0 radical (unpaired) electrons. The van der Waals surface area contributed by atoms with Crippen LogP contribution in [0.25, 0.3) is 33.5 Å². The number of rotatable bonds is 3. The Morgan fingerprint density at radius 3 is 2.67 bits per heavy atom. The van der Waals surface area contributed by atoms with E-state index in [2.05, 4.69) is 25.3 Å². The fourth-order valence-electron chi connectivity index (χ4n) is 3.11. The molecule has 2 aromatic carbocycles. The molecular weight excluding hydrogens is 358 g/mol. The van der Waals surface area contributed by atoms with Crippen LogP contribution in [0.2, 0.25) is 0 Å². The standard InChI is InChI=1S/C20H15N5OS/c1-11-21-14-6-4-12(9-16(14)22-11)19-24-15-7-5-13(10-17(15)25-19)23-20(26)18-3-2-8-27-18/h2-10H,1H3,(H,21,22)(H,23,26)(H,24,25). The Morgan fingerprint density at radius 2 is 1.81 bits per heavy atom. The summed E-state index contributed by atoms with van der Waals surface area (Å²) in [7, 11) is 0. The van der Waals surface area contributed by atoms with Gasteiger partial charge in [-0.15, -0.1) is 11.3 Å². The molecule has 27 heavy (non-hydrogen) atoms. The Hall–Kier alpha value is -3.45. The maximum atomic E-state index is 12.2. The van der Waals surface area contributed by atoms with Gasteiger partial charge in [0.2, 0.25) is 0 Å². The Bertz CT molecular complexity index is 1280. The fraction of sp³-hybridized carbons (Fsp3) is 0.0500. The molecule has 0 aliphatic heterocycles. The molecule has 0 spiro atoms. The van der Waals surface area contributed by atoms with Gasteiger partial charge < -0.3 is 15.3 Å². The van der Waals surface area contributed by atoms with Gasteiger partial charge in [0, 0.05) is 11.3 Å². The van der Waals surface area contributed by atoms with E-state index in [-0.39, 0.29) is 5.91 Å². The smallest absolute Gasteiger partial charge is 0.265 e. The summed E-state index contributed by atoms with van der Waals surface area (Å²) < 4.78 is 0. The minimum atomic E-state index is -0.107. The Labute approximate surface area is 158 Å². The second kappa shape index (κ2) is 6.07. The van der Waals surface area contributed by atoms with E-state index >= 15 is 0 Å². The number of hydrogen-bond acceptors (Lipinski definition) is 4. The van der Waals surface area contributed by atoms with Crippen LogP contribution in [0.1, 0.15) is 15.5 Å². The number of carbonyl (C=O) groups excluding carboxylic acids is 1. The molecule has 0 aliphatic carbocycles. The van der Waals surface area contributed by atoms with Crippen molar-refractivity contribution in [3.63, 3.8) is 0 Å². The zero-order chi connectivity index (χ0) is 18.4. The first-order chi connectivity index (χ1) is 13.2. The predicted molar refractivity (Wildman–Crippen MR) is 108 cm³/mol. The van der Waals surface area contributed by atoms with Crippen LogP contribution >= 0.6 is 11.3 Å². The van der Waals surface area contributed by atoms with Gasteiger partial charge in [0.1, 0.15) is 11.6 Å². The van der Waals surface area contributed by atoms with Crippen molar-refractivity contribution < 1.29 is 4.79 Å². The number of thiophene rings is 1. The average molecular weight is 373 g/mol. The third kappa shape index (κ3) is 2.88. The van der Waals surface area contributed by atoms with Gasteiger partial charge in [0.15, 0.2) is 0 Å². The maximum absolute atomic E-state index is 12.2. The number of amides is 1. The van der Waals surface area contributed by atoms with E-state index in [1.807, 2.05) is 54.8 Å². The molecule has 132 valence electrons. The predicted octanol–water partition coefficient (Wildman–Crippen LogP) is 4.73. The van der Waals surface area contributed by atoms with E-state index in [1.165, 1.54) is 11.3 Å². The van der Waals surface area contributed by atoms with E-state index in [0.717, 1.165) is 45.0 Å². The third-order valence-electron chi connectivity index (χ3n) is 4.36. The molecule has 5 rings (SSSR count). The summed E-state index contributed by atoms with van der Waals surface area (Å²) in [6.45, 7) is 1.94. The first kappa shape index (κ1) is 15.8. The topological polar surface area (TPSA) is 86.5 Å². The van der Waals surface area contributed by atoms with Crippen molar-refractivity contribution in [3.8, 4) is 11.4 Å². The minimum absolute atomic E-state index is 0.107. The van der Waals surface area contributed by atoms with Crippen LogP contribution in [0.3, 0.4) is 0 Å². The summed E-state index contributed by atoms with van der Waals surface area (Å²) in [6.07, 6.45) is 0. The lowest BCUT2D eigenvalue weighted by Crippen LogP contribution is -2.09. The molecule has 3 heterocycles. The van der Waals surface area contributed by atoms with Crippen molar-refractivity contribution in [3.05, 3.63) is 64.6 Å². The Kier molecular flexibility index (Phi) is 3.54. The number of H-pyrrole nitrogens is 2. The number of aromatic amines is 2. The van der Waals surface area contributed by atoms with E-state index < -0.39 is 0 Å². The molecule has 0 unspecified atom stereocenters. The number of hydrogen-bond donors (Lipinski definition) is 3. The van der Waals surface area contributed by atoms with Crippen LogP contribution in [0.15, 0.2) is 53.9 Å². The first-order valence-electron chi connectivity index (χ1n) is 8.47. The van der Waals surface area contributed by atoms with Crippen molar-refractivity contribution >= 4 is 45.0 Å². The monoisotopic (exact) mass is 373 g/mol. The molecule has 3 aromatic heterocycles. The van der Waals surface area contributed by atoms with Crippen molar-refractivity contribution in [2.75, 3.05) is 5.32 Å². The van der Waals surface area contributed by atoms with Crippen LogP contribution in [-0.2, 0) is 0 Å². The normalized spacial score (nSPS) is 11.3. The molecule has 0 bridgehead atoms. The second-order valence-electron chi connectivity index (χ2n) is 6.30. The molecule has 0 saturated heterocycles. The zero-order valence-electron chi connectivity index (χ0n) is 14.4. The largest absolute Gasteiger partial charge is 0.342 e. The highest BCUT2D eigenvalue weighted by molar-refractivity contribution is 7.12. The van der Waals surface area contributed by atoms with Gasteiger partial charge in [-0.3, -0.25) is 4.79 Å². The van der Waals surface area contributed by atoms with Crippen molar-refractivity contribution in [2.45, 2.75) is 6.92 Å². The van der Waals surface area contributed by atoms with E-state index in [9.17, 15) is 4.79 Å². The summed E-state index contributed by atoms with van der Waals surface area (Å²) in [5.74, 6) is 1.56. The zero-order valence-corrected chi connectivity index (χ0v) is 15.2. The highest BCUT2D eigenvalue weighted by Gasteiger charge is 2.10. The van der Waals surface area contributed by atoms with Crippen molar-refractivity contribution in [1.29, 1.82) is 0 Å². The van der Waals surface area contributed by atoms with Gasteiger partial charge in [-0.2, -0.15) is 0 Å². The molecular formula is C20H15N5OS. The molecule has 6 nitrogen and oxygen atoms in total. The number of carbonyl (C=O) groups is 1. The lowest BCUT2D eigenvalue weighted by Gasteiger charge is -2.03. The van der Waals surface area contributed by atoms with Crippen LogP contribution in [0.5, 0.6) is 0 Å². The van der Waals surface area contributed by atoms with Crippen LogP contribution in [0, 0.1) is 6.92 Å². The van der Waals surface area contributed by atoms with Gasteiger partial charge in [-0.05, 0) is 54.8 Å². The summed E-state index contributed by atoms with van der Waals surface area (Å²) in [5, 5.41) is 4.81. The first-order valence-corrected chi connectivity index (χ1v) is 9.35. The van der Waals surface area contributed by atoms with Gasteiger partial charge in [0.25, 0.3) is 5.91 Å². The van der Waals surface area contributed by atoms with Crippen LogP contribution in [0.4, 0.5) is 5.69 Å². The van der Waals surface area contributed by atoms with E-state index in [0.29, 0.717) is 4.88 Å². The molecule has 0 fully saturated rings. The Balaban J connectivity index is 1.48. The number of aromatic nitrogens is 4. The number of anilines is 1. The molecule has 0 aliphatic rings. The SMILES string of the molecule is Cc1nc2ccc(-c3nc4ccc(NC(=O)c5cccs5)cc4[nH]3)cc2[nH]1. The summed E-state index contributed by atoms with van der Waals surface area (Å²) in [4.78, 5) is 28.6. The van der Waals surface area contributed by atoms with Gasteiger partial charge in [-0.25, -0.2) is 9.97 Å². The third-order valence-corrected chi connectivity index (χ3v) is 5.23. The van der Waals surface area contributed by atoms with Crippen LogP contribution in [-0.4, -0.2) is 25.8 Å². The lowest BCUT2D eigenvalue weighted by atomic mass is 10.2. The molecule has 3 N–H and O–H groups in total. The number of imidazole rings is 2. The second-order valence-corrected chi connectivity index (χ2v) is 7.25. The molecule has 5 aromatic rings. The lowest BCUT2D eigenvalue weighted by molar-refractivity contribution is 0.103. The number of nitrogens with one attached hydrogen (secondary N) is 3. The number of fused-ring (bicyclic) bond motifs is 2. The van der Waals surface area contributed by atoms with E-state index in [1.54, 1.807) is 6.07 Å². The number of nitrogens with zero attached hydrogens (tertiary/aromatic N) is 2. The minimum Gasteiger partial charge on any atom is -0.342 e. The number of aryl methyl sites for hydroxylation is 1. The molecule has 7 heteroatoms. The Morgan fingerprint density at radius 1 is 1.00 bits per heavy atom. The van der Waals surface area contributed by atoms with Gasteiger partial charge in [0.05, 0.1) is 26.9 Å². The molecule has 0 atom stereocenters. The highest BCUT2D eigenvalue weighted by Crippen LogP contribution is 2.25. The highest BCUT2D eigenvalue weighted by atomic mass is 32.1. The number of benzene rings is 2. The quantitative estimate of drug-likeness (QED) is 0.427. The average Bonchev–Trinajstić information content (AvgIpc) is 3.39. The van der Waals surface area contributed by atoms with E-state index in [4.69, 9.17) is 0 Å². The summed E-state index contributed by atoms with van der Waals surface area (Å²) >= 11 is 1.42. The molecule has 0 saturated carbocycles.